The minimum atomic E-state index is -1.34. The number of amides is 2. The molecular formula is C16H21ClN2O4. The second-order valence-electron chi connectivity index (χ2n) is 5.55. The lowest BCUT2D eigenvalue weighted by Crippen LogP contribution is -2.52. The van der Waals surface area contributed by atoms with E-state index in [0.29, 0.717) is 10.6 Å². The zero-order valence-electron chi connectivity index (χ0n) is 13.4. The van der Waals surface area contributed by atoms with Crippen molar-refractivity contribution in [2.24, 2.45) is 0 Å². The fraction of sp³-hybridized carbons (Fsp3) is 0.438. The number of carbonyl (C=O) groups excluding carboxylic acids is 2. The van der Waals surface area contributed by atoms with Gasteiger partial charge in [-0.15, -0.1) is 0 Å². The number of carboxylic acids is 1. The van der Waals surface area contributed by atoms with Gasteiger partial charge in [0.1, 0.15) is 5.54 Å². The monoisotopic (exact) mass is 340 g/mol. The molecule has 0 aliphatic heterocycles. The Kier molecular flexibility index (Phi) is 6.57. The number of rotatable bonds is 7. The van der Waals surface area contributed by atoms with Crippen LogP contribution in [0.3, 0.4) is 0 Å². The molecule has 0 radical (unpaired) electrons. The van der Waals surface area contributed by atoms with Gasteiger partial charge in [0.05, 0.1) is 12.5 Å². The third kappa shape index (κ3) is 5.56. The second kappa shape index (κ2) is 7.97. The maximum absolute atomic E-state index is 12.2. The van der Waals surface area contributed by atoms with E-state index in [1.54, 1.807) is 31.2 Å². The Morgan fingerprint density at radius 2 is 1.83 bits per heavy atom. The second-order valence-corrected chi connectivity index (χ2v) is 5.98. The number of aliphatic carboxylic acids is 1. The van der Waals surface area contributed by atoms with Crippen molar-refractivity contribution in [3.63, 3.8) is 0 Å². The van der Waals surface area contributed by atoms with Gasteiger partial charge in [-0.05, 0) is 31.0 Å². The van der Waals surface area contributed by atoms with Crippen molar-refractivity contribution in [2.45, 2.75) is 45.2 Å². The largest absolute Gasteiger partial charge is 0.480 e. The molecule has 2 amide bonds. The van der Waals surface area contributed by atoms with E-state index in [1.165, 1.54) is 13.8 Å². The van der Waals surface area contributed by atoms with Crippen LogP contribution in [0.15, 0.2) is 24.3 Å². The first-order valence-corrected chi connectivity index (χ1v) is 7.62. The molecule has 23 heavy (non-hydrogen) atoms. The van der Waals surface area contributed by atoms with Crippen molar-refractivity contribution in [2.75, 3.05) is 0 Å². The van der Waals surface area contributed by atoms with Crippen LogP contribution in [0.25, 0.3) is 0 Å². The van der Waals surface area contributed by atoms with Gasteiger partial charge in [-0.3, -0.25) is 9.59 Å². The highest BCUT2D eigenvalue weighted by molar-refractivity contribution is 6.30. The van der Waals surface area contributed by atoms with Crippen LogP contribution in [0.5, 0.6) is 0 Å². The minimum Gasteiger partial charge on any atom is -0.480 e. The molecule has 3 N–H and O–H groups in total. The van der Waals surface area contributed by atoms with Crippen LogP contribution in [0.2, 0.25) is 5.02 Å². The Morgan fingerprint density at radius 1 is 1.26 bits per heavy atom. The summed E-state index contributed by atoms with van der Waals surface area (Å²) in [6, 6.07) is 6.20. The lowest BCUT2D eigenvalue weighted by Gasteiger charge is -2.26. The molecule has 0 heterocycles. The highest BCUT2D eigenvalue weighted by Crippen LogP contribution is 2.20. The summed E-state index contributed by atoms with van der Waals surface area (Å²) in [5.74, 6) is -1.84. The number of carbonyl (C=O) groups is 3. The Balaban J connectivity index is 2.89. The number of hydrogen-bond acceptors (Lipinski definition) is 3. The first-order valence-electron chi connectivity index (χ1n) is 7.25. The third-order valence-electron chi connectivity index (χ3n) is 3.63. The molecule has 0 aromatic heterocycles. The Labute approximate surface area is 140 Å². The Morgan fingerprint density at radius 3 is 2.26 bits per heavy atom. The summed E-state index contributed by atoms with van der Waals surface area (Å²) in [4.78, 5) is 34.8. The predicted octanol–water partition coefficient (Wildman–Crippen LogP) is 2.28. The molecule has 2 atom stereocenters. The Bertz CT molecular complexity index is 588. The van der Waals surface area contributed by atoms with E-state index in [9.17, 15) is 19.5 Å². The number of hydrogen-bond donors (Lipinski definition) is 3. The van der Waals surface area contributed by atoms with Crippen molar-refractivity contribution >= 4 is 29.4 Å². The van der Waals surface area contributed by atoms with Gasteiger partial charge in [0, 0.05) is 11.9 Å². The zero-order chi connectivity index (χ0) is 17.6. The molecule has 0 spiro atoms. The van der Waals surface area contributed by atoms with Gasteiger partial charge in [-0.2, -0.15) is 0 Å². The number of benzene rings is 1. The molecule has 1 aromatic rings. The summed E-state index contributed by atoms with van der Waals surface area (Å²) in [6.07, 6.45) is 0.184. The van der Waals surface area contributed by atoms with Gasteiger partial charge in [-0.1, -0.05) is 30.7 Å². The summed E-state index contributed by atoms with van der Waals surface area (Å²) in [5.41, 5.74) is -0.619. The minimum absolute atomic E-state index is 0.0654. The quantitative estimate of drug-likeness (QED) is 0.709. The van der Waals surface area contributed by atoms with Crippen molar-refractivity contribution in [3.8, 4) is 0 Å². The van der Waals surface area contributed by atoms with Crippen molar-refractivity contribution in [1.29, 1.82) is 0 Å². The van der Waals surface area contributed by atoms with E-state index in [1.807, 2.05) is 0 Å². The molecule has 0 saturated carbocycles. The summed E-state index contributed by atoms with van der Waals surface area (Å²) >= 11 is 5.84. The van der Waals surface area contributed by atoms with Gasteiger partial charge in [0.25, 0.3) is 0 Å². The normalized spacial score (nSPS) is 14.4. The molecule has 0 saturated heterocycles. The van der Waals surface area contributed by atoms with E-state index in [2.05, 4.69) is 10.6 Å². The molecule has 0 aliphatic carbocycles. The van der Waals surface area contributed by atoms with Crippen molar-refractivity contribution in [1.82, 2.24) is 10.6 Å². The first kappa shape index (κ1) is 19.0. The van der Waals surface area contributed by atoms with E-state index in [4.69, 9.17) is 11.6 Å². The SMILES string of the molecule is CCC(C)(NC(=O)CC(NC(C)=O)c1ccc(Cl)cc1)C(=O)O. The maximum atomic E-state index is 12.2. The molecule has 2 unspecified atom stereocenters. The maximum Gasteiger partial charge on any atom is 0.329 e. The highest BCUT2D eigenvalue weighted by Gasteiger charge is 2.33. The van der Waals surface area contributed by atoms with Gasteiger partial charge < -0.3 is 15.7 Å². The van der Waals surface area contributed by atoms with E-state index < -0.39 is 23.5 Å². The third-order valence-corrected chi connectivity index (χ3v) is 3.89. The Hall–Kier alpha value is -2.08. The zero-order valence-corrected chi connectivity index (χ0v) is 14.1. The van der Waals surface area contributed by atoms with Crippen LogP contribution in [-0.4, -0.2) is 28.4 Å². The summed E-state index contributed by atoms with van der Waals surface area (Å²) in [5, 5.41) is 15.0. The van der Waals surface area contributed by atoms with Crippen LogP contribution in [-0.2, 0) is 14.4 Å². The van der Waals surface area contributed by atoms with E-state index in [0.717, 1.165) is 0 Å². The molecule has 0 aliphatic rings. The standard InChI is InChI=1S/C16H21ClN2O4/c1-4-16(3,15(22)23)19-14(21)9-13(18-10(2)20)11-5-7-12(17)8-6-11/h5-8,13H,4,9H2,1-3H3,(H,18,20)(H,19,21)(H,22,23). The lowest BCUT2D eigenvalue weighted by molar-refractivity contribution is -0.147. The molecule has 6 nitrogen and oxygen atoms in total. The van der Waals surface area contributed by atoms with Gasteiger partial charge in [0.2, 0.25) is 11.8 Å². The fourth-order valence-corrected chi connectivity index (χ4v) is 2.16. The van der Waals surface area contributed by atoms with Gasteiger partial charge >= 0.3 is 5.97 Å². The molecular weight excluding hydrogens is 320 g/mol. The van der Waals surface area contributed by atoms with Crippen molar-refractivity contribution in [3.05, 3.63) is 34.9 Å². The molecule has 126 valence electrons. The van der Waals surface area contributed by atoms with E-state index in [-0.39, 0.29) is 18.7 Å². The lowest BCUT2D eigenvalue weighted by atomic mass is 9.97. The molecule has 1 rings (SSSR count). The topological polar surface area (TPSA) is 95.5 Å². The average Bonchev–Trinajstić information content (AvgIpc) is 2.46. The molecule has 0 bridgehead atoms. The van der Waals surface area contributed by atoms with E-state index >= 15 is 0 Å². The summed E-state index contributed by atoms with van der Waals surface area (Å²) < 4.78 is 0. The van der Waals surface area contributed by atoms with Crippen LogP contribution in [0, 0.1) is 0 Å². The van der Waals surface area contributed by atoms with Crippen LogP contribution >= 0.6 is 11.6 Å². The predicted molar refractivity (Wildman–Crippen MR) is 87.1 cm³/mol. The van der Waals surface area contributed by atoms with Crippen LogP contribution in [0.1, 0.15) is 45.2 Å². The first-order chi connectivity index (χ1) is 10.7. The molecule has 7 heteroatoms. The smallest absolute Gasteiger partial charge is 0.329 e. The van der Waals surface area contributed by atoms with Gasteiger partial charge in [-0.25, -0.2) is 4.79 Å². The average molecular weight is 341 g/mol. The fourth-order valence-electron chi connectivity index (χ4n) is 2.03. The molecule has 0 fully saturated rings. The number of carboxylic acid groups (broad SMARTS) is 1. The highest BCUT2D eigenvalue weighted by atomic mass is 35.5. The number of nitrogens with one attached hydrogen (secondary N) is 2. The van der Waals surface area contributed by atoms with Gasteiger partial charge in [0.15, 0.2) is 0 Å². The van der Waals surface area contributed by atoms with Crippen LogP contribution < -0.4 is 10.6 Å². The molecule has 1 aromatic carbocycles. The summed E-state index contributed by atoms with van der Waals surface area (Å²) in [6.45, 7) is 4.48. The number of halogens is 1. The van der Waals surface area contributed by atoms with Crippen LogP contribution in [0.4, 0.5) is 0 Å². The van der Waals surface area contributed by atoms with Crippen molar-refractivity contribution < 1.29 is 19.5 Å². The summed E-state index contributed by atoms with van der Waals surface area (Å²) in [7, 11) is 0.